The Bertz CT molecular complexity index is 610. The fraction of sp³-hybridized carbons (Fsp3) is 0.733. The molecular formula is C15H22F3N3O2S. The van der Waals surface area contributed by atoms with E-state index in [0.29, 0.717) is 41.7 Å². The molecule has 1 saturated heterocycles. The van der Waals surface area contributed by atoms with Crippen LogP contribution in [0.4, 0.5) is 23.0 Å². The molecule has 1 aliphatic rings. The minimum atomic E-state index is -4.43. The van der Waals surface area contributed by atoms with Crippen molar-refractivity contribution in [1.29, 1.82) is 0 Å². The van der Waals surface area contributed by atoms with Gasteiger partial charge in [0.15, 0.2) is 5.01 Å². The zero-order chi connectivity index (χ0) is 18.3. The molecule has 24 heavy (non-hydrogen) atoms. The number of alkyl halides is 3. The van der Waals surface area contributed by atoms with Gasteiger partial charge in [-0.1, -0.05) is 11.3 Å². The second-order valence-corrected chi connectivity index (χ2v) is 7.85. The van der Waals surface area contributed by atoms with Gasteiger partial charge >= 0.3 is 12.3 Å². The van der Waals surface area contributed by atoms with E-state index in [0.717, 1.165) is 0 Å². The summed E-state index contributed by atoms with van der Waals surface area (Å²) in [6.45, 7) is 10.1. The predicted octanol–water partition coefficient (Wildman–Crippen LogP) is 3.92. The van der Waals surface area contributed by atoms with Gasteiger partial charge < -0.3 is 14.5 Å². The third kappa shape index (κ3) is 4.31. The number of amides is 1. The Kier molecular flexibility index (Phi) is 5.03. The molecule has 9 heteroatoms. The summed E-state index contributed by atoms with van der Waals surface area (Å²) in [6, 6.07) is -0.163. The number of anilines is 1. The summed E-state index contributed by atoms with van der Waals surface area (Å²) >= 11 is 0.650. The number of halogens is 3. The van der Waals surface area contributed by atoms with Gasteiger partial charge in [0.25, 0.3) is 0 Å². The van der Waals surface area contributed by atoms with Crippen LogP contribution in [0, 0.1) is 6.92 Å². The van der Waals surface area contributed by atoms with Crippen molar-refractivity contribution >= 4 is 22.4 Å². The monoisotopic (exact) mass is 365 g/mol. The number of ether oxygens (including phenoxy) is 1. The molecular weight excluding hydrogens is 343 g/mol. The van der Waals surface area contributed by atoms with Gasteiger partial charge in [0.05, 0.1) is 5.69 Å². The van der Waals surface area contributed by atoms with Gasteiger partial charge in [-0.15, -0.1) is 0 Å². The maximum absolute atomic E-state index is 12.8. The van der Waals surface area contributed by atoms with Gasteiger partial charge in [0.2, 0.25) is 0 Å². The third-order valence-corrected chi connectivity index (χ3v) is 4.82. The first-order valence-electron chi connectivity index (χ1n) is 7.67. The molecule has 0 N–H and O–H groups in total. The zero-order valence-electron chi connectivity index (χ0n) is 14.4. The van der Waals surface area contributed by atoms with Gasteiger partial charge in [-0.05, 0) is 34.6 Å². The normalized spacial score (nSPS) is 19.6. The van der Waals surface area contributed by atoms with Crippen LogP contribution in [0.1, 0.15) is 38.4 Å². The van der Waals surface area contributed by atoms with E-state index < -0.39 is 22.9 Å². The molecule has 0 radical (unpaired) electrons. The predicted molar refractivity (Wildman–Crippen MR) is 86.5 cm³/mol. The molecule has 0 bridgehead atoms. The SMILES string of the molecule is Cc1nc(C(F)(F)F)sc1N1CCN(C(=O)OC(C)(C)C)[C@H](C)C1. The lowest BCUT2D eigenvalue weighted by molar-refractivity contribution is -0.137. The van der Waals surface area contributed by atoms with Crippen molar-refractivity contribution < 1.29 is 22.7 Å². The second kappa shape index (κ2) is 6.42. The van der Waals surface area contributed by atoms with Crippen LogP contribution in [0.5, 0.6) is 0 Å². The fourth-order valence-corrected chi connectivity index (χ4v) is 3.51. The van der Waals surface area contributed by atoms with Gasteiger partial charge in [0, 0.05) is 25.7 Å². The number of hydrogen-bond acceptors (Lipinski definition) is 5. The first-order valence-corrected chi connectivity index (χ1v) is 8.49. The highest BCUT2D eigenvalue weighted by Gasteiger charge is 2.37. The first kappa shape index (κ1) is 18.8. The van der Waals surface area contributed by atoms with Gasteiger partial charge in [-0.3, -0.25) is 0 Å². The number of hydrogen-bond donors (Lipinski definition) is 0. The van der Waals surface area contributed by atoms with Crippen molar-refractivity contribution in [1.82, 2.24) is 9.88 Å². The smallest absolute Gasteiger partial charge is 0.443 e. The average molecular weight is 365 g/mol. The van der Waals surface area contributed by atoms with E-state index in [9.17, 15) is 18.0 Å². The number of aryl methyl sites for hydroxylation is 1. The Labute approximate surface area is 143 Å². The molecule has 1 atom stereocenters. The van der Waals surface area contributed by atoms with Crippen LogP contribution in [-0.2, 0) is 10.9 Å². The van der Waals surface area contributed by atoms with E-state index in [-0.39, 0.29) is 6.04 Å². The lowest BCUT2D eigenvalue weighted by Gasteiger charge is -2.40. The Morgan fingerprint density at radius 2 is 1.92 bits per heavy atom. The van der Waals surface area contributed by atoms with Crippen molar-refractivity contribution in [3.8, 4) is 0 Å². The number of piperazine rings is 1. The van der Waals surface area contributed by atoms with Gasteiger partial charge in [0.1, 0.15) is 10.6 Å². The maximum Gasteiger partial charge on any atom is 0.443 e. The molecule has 2 rings (SSSR count). The summed E-state index contributed by atoms with van der Waals surface area (Å²) in [4.78, 5) is 19.3. The zero-order valence-corrected chi connectivity index (χ0v) is 15.2. The summed E-state index contributed by atoms with van der Waals surface area (Å²) < 4.78 is 43.8. The molecule has 1 fully saturated rings. The molecule has 1 aromatic rings. The van der Waals surface area contributed by atoms with Crippen LogP contribution in [0.3, 0.4) is 0 Å². The summed E-state index contributed by atoms with van der Waals surface area (Å²) in [5.74, 6) is 0. The number of carbonyl (C=O) groups excluding carboxylic acids is 1. The van der Waals surface area contributed by atoms with Crippen molar-refractivity contribution in [2.45, 2.75) is 52.4 Å². The van der Waals surface area contributed by atoms with Crippen LogP contribution >= 0.6 is 11.3 Å². The molecule has 1 aromatic heterocycles. The van der Waals surface area contributed by atoms with E-state index in [1.54, 1.807) is 32.6 Å². The standard InChI is InChI=1S/C15H22F3N3O2S/c1-9-8-20(6-7-21(9)13(22)23-14(3,4)5)11-10(2)19-12(24-11)15(16,17)18/h9H,6-8H2,1-5H3/t9-/m1/s1. The molecule has 0 unspecified atom stereocenters. The Morgan fingerprint density at radius 3 is 2.38 bits per heavy atom. The molecule has 136 valence electrons. The minimum Gasteiger partial charge on any atom is -0.444 e. The van der Waals surface area contributed by atoms with E-state index >= 15 is 0 Å². The number of thiazole rings is 1. The van der Waals surface area contributed by atoms with Crippen molar-refractivity contribution in [2.24, 2.45) is 0 Å². The van der Waals surface area contributed by atoms with E-state index in [2.05, 4.69) is 4.98 Å². The van der Waals surface area contributed by atoms with Crippen molar-refractivity contribution in [2.75, 3.05) is 24.5 Å². The molecule has 0 aromatic carbocycles. The summed E-state index contributed by atoms with van der Waals surface area (Å²) in [5, 5.41) is -0.324. The Morgan fingerprint density at radius 1 is 1.29 bits per heavy atom. The topological polar surface area (TPSA) is 45.7 Å². The molecule has 0 spiro atoms. The summed E-state index contributed by atoms with van der Waals surface area (Å²) in [7, 11) is 0. The molecule has 0 aliphatic carbocycles. The largest absolute Gasteiger partial charge is 0.444 e. The molecule has 0 saturated carbocycles. The quantitative estimate of drug-likeness (QED) is 0.757. The van der Waals surface area contributed by atoms with Crippen LogP contribution in [-0.4, -0.2) is 47.3 Å². The fourth-order valence-electron chi connectivity index (χ4n) is 2.54. The third-order valence-electron chi connectivity index (χ3n) is 3.56. The summed E-state index contributed by atoms with van der Waals surface area (Å²) in [6.07, 6.45) is -4.83. The minimum absolute atomic E-state index is 0.163. The summed E-state index contributed by atoms with van der Waals surface area (Å²) in [5.41, 5.74) is -0.214. The molecule has 2 heterocycles. The van der Waals surface area contributed by atoms with Crippen molar-refractivity contribution in [3.63, 3.8) is 0 Å². The number of rotatable bonds is 1. The molecule has 5 nitrogen and oxygen atoms in total. The van der Waals surface area contributed by atoms with Gasteiger partial charge in [-0.2, -0.15) is 13.2 Å². The van der Waals surface area contributed by atoms with Crippen molar-refractivity contribution in [3.05, 3.63) is 10.7 Å². The second-order valence-electron chi connectivity index (χ2n) is 6.88. The molecule has 1 aliphatic heterocycles. The highest BCUT2D eigenvalue weighted by Crippen LogP contribution is 2.38. The maximum atomic E-state index is 12.8. The van der Waals surface area contributed by atoms with Gasteiger partial charge in [-0.25, -0.2) is 9.78 Å². The van der Waals surface area contributed by atoms with Crippen LogP contribution < -0.4 is 4.90 Å². The van der Waals surface area contributed by atoms with E-state index in [1.807, 2.05) is 11.8 Å². The lowest BCUT2D eigenvalue weighted by Crippen LogP contribution is -2.55. The number of carbonyl (C=O) groups is 1. The van der Waals surface area contributed by atoms with E-state index in [4.69, 9.17) is 4.74 Å². The van der Waals surface area contributed by atoms with Crippen LogP contribution in [0.15, 0.2) is 0 Å². The highest BCUT2D eigenvalue weighted by molar-refractivity contribution is 7.16. The van der Waals surface area contributed by atoms with E-state index in [1.165, 1.54) is 0 Å². The first-order chi connectivity index (χ1) is 10.9. The Balaban J connectivity index is 2.08. The molecule has 1 amide bonds. The average Bonchev–Trinajstić information content (AvgIpc) is 2.78. The number of nitrogens with zero attached hydrogens (tertiary/aromatic N) is 3. The number of aromatic nitrogens is 1. The lowest BCUT2D eigenvalue weighted by atomic mass is 10.2. The highest BCUT2D eigenvalue weighted by atomic mass is 32.1. The Hall–Kier alpha value is -1.51. The van der Waals surface area contributed by atoms with Crippen LogP contribution in [0.2, 0.25) is 0 Å². The van der Waals surface area contributed by atoms with Crippen LogP contribution in [0.25, 0.3) is 0 Å².